The van der Waals surface area contributed by atoms with Gasteiger partial charge in [-0.25, -0.2) is 0 Å². The van der Waals surface area contributed by atoms with E-state index in [2.05, 4.69) is 5.16 Å². The average molecular weight is 449 g/mol. The minimum absolute atomic E-state index is 0.0948. The van der Waals surface area contributed by atoms with Gasteiger partial charge in [-0.05, 0) is 54.9 Å². The molecule has 0 unspecified atom stereocenters. The molecule has 4 rings (SSSR count). The van der Waals surface area contributed by atoms with Crippen molar-refractivity contribution < 1.29 is 33.1 Å². The van der Waals surface area contributed by atoms with Crippen LogP contribution in [-0.4, -0.2) is 30.6 Å². The highest BCUT2D eigenvalue weighted by Gasteiger charge is 2.30. The number of benzene rings is 2. The predicted molar refractivity (Wildman–Crippen MR) is 119 cm³/mol. The van der Waals surface area contributed by atoms with Crippen molar-refractivity contribution >= 4 is 17.8 Å². The molecule has 1 aliphatic heterocycles. The molecular weight excluding hydrogens is 426 g/mol. The standard InChI is InChI=1S/C25H23NO7/c1-4-30-17-7-5-16(6-8-17)13-21-24(28)19-10-11-20(15(2)25(19)32-21)31-23(27)12-9-18-14-22(29-3)26-33-18/h5-8,10-11,13-14H,4,9,12H2,1-3H3/b21-13-. The van der Waals surface area contributed by atoms with Crippen LogP contribution < -0.4 is 18.9 Å². The summed E-state index contributed by atoms with van der Waals surface area (Å²) in [5.74, 6) is 1.90. The molecule has 0 fully saturated rings. The summed E-state index contributed by atoms with van der Waals surface area (Å²) in [5, 5.41) is 3.70. The molecule has 0 atom stereocenters. The van der Waals surface area contributed by atoms with Crippen molar-refractivity contribution in [3.05, 3.63) is 70.7 Å². The largest absolute Gasteiger partial charge is 0.494 e. The highest BCUT2D eigenvalue weighted by Crippen LogP contribution is 2.39. The van der Waals surface area contributed by atoms with Crippen LogP contribution in [0.4, 0.5) is 0 Å². The van der Waals surface area contributed by atoms with Gasteiger partial charge in [0, 0.05) is 18.1 Å². The van der Waals surface area contributed by atoms with Gasteiger partial charge in [0.2, 0.25) is 5.78 Å². The summed E-state index contributed by atoms with van der Waals surface area (Å²) < 4.78 is 26.8. The molecule has 8 heteroatoms. The van der Waals surface area contributed by atoms with Gasteiger partial charge in [-0.2, -0.15) is 0 Å². The SMILES string of the molecule is CCOc1ccc(/C=C2\Oc3c(ccc(OC(=O)CCc4cc(OC)no4)c3C)C2=O)cc1. The van der Waals surface area contributed by atoms with Gasteiger partial charge in [-0.3, -0.25) is 9.59 Å². The molecule has 0 spiro atoms. The van der Waals surface area contributed by atoms with Crippen LogP contribution in [0.2, 0.25) is 0 Å². The fourth-order valence-electron chi connectivity index (χ4n) is 3.36. The maximum atomic E-state index is 12.8. The second kappa shape index (κ2) is 9.60. The van der Waals surface area contributed by atoms with Crippen LogP contribution in [0.3, 0.4) is 0 Å². The number of esters is 1. The van der Waals surface area contributed by atoms with E-state index in [-0.39, 0.29) is 18.0 Å². The highest BCUT2D eigenvalue weighted by atomic mass is 16.5. The van der Waals surface area contributed by atoms with Gasteiger partial charge in [0.1, 0.15) is 23.0 Å². The Labute approximate surface area is 190 Å². The van der Waals surface area contributed by atoms with Crippen LogP contribution in [0.1, 0.15) is 40.6 Å². The number of nitrogens with zero attached hydrogens (tertiary/aromatic N) is 1. The van der Waals surface area contributed by atoms with Crippen molar-refractivity contribution in [3.8, 4) is 23.1 Å². The van der Waals surface area contributed by atoms with Gasteiger partial charge in [-0.1, -0.05) is 12.1 Å². The van der Waals surface area contributed by atoms with Crippen LogP contribution >= 0.6 is 0 Å². The fraction of sp³-hybridized carbons (Fsp3) is 0.240. The van der Waals surface area contributed by atoms with Gasteiger partial charge in [0.25, 0.3) is 5.88 Å². The van der Waals surface area contributed by atoms with E-state index in [1.54, 1.807) is 31.2 Å². The predicted octanol–water partition coefficient (Wildman–Crippen LogP) is 4.54. The number of hydrogen-bond donors (Lipinski definition) is 0. The molecule has 1 aliphatic rings. The van der Waals surface area contributed by atoms with E-state index in [0.29, 0.717) is 47.3 Å². The molecule has 0 radical (unpaired) electrons. The number of hydrogen-bond acceptors (Lipinski definition) is 8. The second-order valence-electron chi connectivity index (χ2n) is 7.32. The van der Waals surface area contributed by atoms with Crippen LogP contribution in [0.15, 0.2) is 52.7 Å². The Morgan fingerprint density at radius 3 is 2.64 bits per heavy atom. The smallest absolute Gasteiger partial charge is 0.311 e. The molecule has 2 aromatic carbocycles. The van der Waals surface area contributed by atoms with E-state index >= 15 is 0 Å². The Kier molecular flexibility index (Phi) is 6.44. The minimum atomic E-state index is -0.442. The number of carbonyl (C=O) groups excluding carboxylic acids is 2. The van der Waals surface area contributed by atoms with Gasteiger partial charge < -0.3 is 23.5 Å². The first-order chi connectivity index (χ1) is 16.0. The Hall–Kier alpha value is -4.07. The molecule has 0 bridgehead atoms. The molecule has 33 heavy (non-hydrogen) atoms. The minimum Gasteiger partial charge on any atom is -0.494 e. The zero-order valence-electron chi connectivity index (χ0n) is 18.5. The first-order valence-electron chi connectivity index (χ1n) is 10.5. The van der Waals surface area contributed by atoms with Crippen molar-refractivity contribution in [1.82, 2.24) is 5.16 Å². The van der Waals surface area contributed by atoms with Crippen molar-refractivity contribution in [2.45, 2.75) is 26.7 Å². The number of carbonyl (C=O) groups is 2. The van der Waals surface area contributed by atoms with Gasteiger partial charge in [-0.15, -0.1) is 0 Å². The van der Waals surface area contributed by atoms with Crippen LogP contribution in [0.25, 0.3) is 6.08 Å². The third-order valence-electron chi connectivity index (χ3n) is 5.07. The Morgan fingerprint density at radius 2 is 1.94 bits per heavy atom. The first kappa shape index (κ1) is 22.1. The van der Waals surface area contributed by atoms with Gasteiger partial charge in [0.05, 0.1) is 25.7 Å². The topological polar surface area (TPSA) is 97.1 Å². The van der Waals surface area contributed by atoms with Crippen molar-refractivity contribution in [3.63, 3.8) is 0 Å². The third-order valence-corrected chi connectivity index (χ3v) is 5.07. The average Bonchev–Trinajstić information content (AvgIpc) is 3.41. The molecule has 0 N–H and O–H groups in total. The molecule has 3 aromatic rings. The quantitative estimate of drug-likeness (QED) is 0.281. The molecule has 0 saturated carbocycles. The maximum Gasteiger partial charge on any atom is 0.311 e. The van der Waals surface area contributed by atoms with Crippen molar-refractivity contribution in [2.75, 3.05) is 13.7 Å². The lowest BCUT2D eigenvalue weighted by Gasteiger charge is -2.09. The molecular formula is C25H23NO7. The monoisotopic (exact) mass is 449 g/mol. The summed E-state index contributed by atoms with van der Waals surface area (Å²) in [4.78, 5) is 25.1. The van der Waals surface area contributed by atoms with Crippen LogP contribution in [0, 0.1) is 6.92 Å². The number of allylic oxidation sites excluding steroid dienone is 1. The number of ketones is 1. The Morgan fingerprint density at radius 1 is 1.15 bits per heavy atom. The van der Waals surface area contributed by atoms with Crippen LogP contribution in [-0.2, 0) is 11.2 Å². The first-order valence-corrected chi connectivity index (χ1v) is 10.5. The molecule has 0 aliphatic carbocycles. The number of rotatable bonds is 8. The number of aromatic nitrogens is 1. The lowest BCUT2D eigenvalue weighted by molar-refractivity contribution is -0.134. The number of methoxy groups -OCH3 is 1. The summed E-state index contributed by atoms with van der Waals surface area (Å²) in [5.41, 5.74) is 1.81. The van der Waals surface area contributed by atoms with E-state index in [4.69, 9.17) is 23.5 Å². The number of Topliss-reactive ketones (excluding diaryl/α,β-unsaturated/α-hetero) is 1. The summed E-state index contributed by atoms with van der Waals surface area (Å²) in [6.45, 7) is 4.24. The third kappa shape index (κ3) is 4.90. The summed E-state index contributed by atoms with van der Waals surface area (Å²) in [7, 11) is 1.48. The summed E-state index contributed by atoms with van der Waals surface area (Å²) >= 11 is 0. The summed E-state index contributed by atoms with van der Waals surface area (Å²) in [6.07, 6.45) is 2.09. The molecule has 8 nitrogen and oxygen atoms in total. The van der Waals surface area contributed by atoms with E-state index in [0.717, 1.165) is 11.3 Å². The number of fused-ring (bicyclic) bond motifs is 1. The number of aryl methyl sites for hydroxylation is 1. The Balaban J connectivity index is 1.44. The zero-order chi connectivity index (χ0) is 23.4. The molecule has 0 amide bonds. The van der Waals surface area contributed by atoms with E-state index in [9.17, 15) is 9.59 Å². The van der Waals surface area contributed by atoms with Gasteiger partial charge in [0.15, 0.2) is 5.76 Å². The van der Waals surface area contributed by atoms with Crippen LogP contribution in [0.5, 0.6) is 23.1 Å². The van der Waals surface area contributed by atoms with E-state index in [1.807, 2.05) is 31.2 Å². The normalized spacial score (nSPS) is 13.5. The Bertz CT molecular complexity index is 1210. The fourth-order valence-corrected chi connectivity index (χ4v) is 3.36. The van der Waals surface area contributed by atoms with Crippen molar-refractivity contribution in [2.24, 2.45) is 0 Å². The zero-order valence-corrected chi connectivity index (χ0v) is 18.5. The van der Waals surface area contributed by atoms with E-state index < -0.39 is 5.97 Å². The lowest BCUT2D eigenvalue weighted by atomic mass is 10.1. The molecule has 2 heterocycles. The van der Waals surface area contributed by atoms with E-state index in [1.165, 1.54) is 7.11 Å². The molecule has 0 saturated heterocycles. The van der Waals surface area contributed by atoms with Gasteiger partial charge >= 0.3 is 5.97 Å². The number of ether oxygens (including phenoxy) is 4. The lowest BCUT2D eigenvalue weighted by Crippen LogP contribution is -2.10. The highest BCUT2D eigenvalue weighted by molar-refractivity contribution is 6.15. The molecule has 1 aromatic heterocycles. The van der Waals surface area contributed by atoms with Crippen molar-refractivity contribution in [1.29, 1.82) is 0 Å². The maximum absolute atomic E-state index is 12.8. The second-order valence-corrected chi connectivity index (χ2v) is 7.32. The summed E-state index contributed by atoms with van der Waals surface area (Å²) in [6, 6.07) is 12.2. The molecule has 170 valence electrons.